The van der Waals surface area contributed by atoms with Crippen LogP contribution in [0.15, 0.2) is 53.4 Å². The van der Waals surface area contributed by atoms with Crippen LogP contribution in [0, 0.1) is 0 Å². The van der Waals surface area contributed by atoms with Gasteiger partial charge in [0.25, 0.3) is 0 Å². The van der Waals surface area contributed by atoms with Crippen LogP contribution in [0.2, 0.25) is 5.02 Å². The second-order valence-corrected chi connectivity index (χ2v) is 11.2. The molecule has 0 spiro atoms. The summed E-state index contributed by atoms with van der Waals surface area (Å²) in [5.41, 5.74) is 0.765. The Morgan fingerprint density at radius 2 is 1.80 bits per heavy atom. The lowest BCUT2D eigenvalue weighted by Gasteiger charge is -2.31. The average Bonchev–Trinajstić information content (AvgIpc) is 3.35. The quantitative estimate of drug-likeness (QED) is 0.516. The van der Waals surface area contributed by atoms with Gasteiger partial charge < -0.3 is 15.0 Å². The second kappa shape index (κ2) is 11.9. The Morgan fingerprint density at radius 1 is 1.14 bits per heavy atom. The van der Waals surface area contributed by atoms with Crippen molar-refractivity contribution in [2.24, 2.45) is 0 Å². The molecule has 1 aliphatic rings. The SMILES string of the molecule is COc1cccc(CN(C(=O)CN(C)S(=O)(=O)c2ccc(Cl)cc2)[C@H](C)C(=O)NC2CCCC2)c1. The third kappa shape index (κ3) is 6.96. The highest BCUT2D eigenvalue weighted by atomic mass is 35.5. The van der Waals surface area contributed by atoms with Crippen molar-refractivity contribution in [2.45, 2.75) is 56.1 Å². The van der Waals surface area contributed by atoms with Crippen molar-refractivity contribution in [3.05, 3.63) is 59.1 Å². The van der Waals surface area contributed by atoms with Crippen LogP contribution in [0.5, 0.6) is 5.75 Å². The molecule has 0 bridgehead atoms. The Balaban J connectivity index is 1.81. The highest BCUT2D eigenvalue weighted by molar-refractivity contribution is 7.89. The molecule has 8 nitrogen and oxygen atoms in total. The van der Waals surface area contributed by atoms with Crippen LogP contribution in [-0.2, 0) is 26.2 Å². The normalized spacial score (nSPS) is 15.1. The van der Waals surface area contributed by atoms with Gasteiger partial charge in [0.05, 0.1) is 18.6 Å². The fraction of sp³-hybridized carbons (Fsp3) is 0.440. The molecule has 0 saturated heterocycles. The predicted molar refractivity (Wildman–Crippen MR) is 135 cm³/mol. The van der Waals surface area contributed by atoms with E-state index in [1.54, 1.807) is 32.2 Å². The van der Waals surface area contributed by atoms with Crippen LogP contribution >= 0.6 is 11.6 Å². The van der Waals surface area contributed by atoms with Crippen LogP contribution < -0.4 is 10.1 Å². The summed E-state index contributed by atoms with van der Waals surface area (Å²) in [6.45, 7) is 1.37. The van der Waals surface area contributed by atoms with E-state index in [1.807, 2.05) is 6.07 Å². The predicted octanol–water partition coefficient (Wildman–Crippen LogP) is 3.45. The lowest BCUT2D eigenvalue weighted by Crippen LogP contribution is -2.52. The molecule has 1 atom stereocenters. The lowest BCUT2D eigenvalue weighted by molar-refractivity contribution is -0.140. The molecule has 0 unspecified atom stereocenters. The van der Waals surface area contributed by atoms with Crippen molar-refractivity contribution < 1.29 is 22.7 Å². The summed E-state index contributed by atoms with van der Waals surface area (Å²) in [7, 11) is -1.03. The number of hydrogen-bond acceptors (Lipinski definition) is 5. The molecule has 190 valence electrons. The van der Waals surface area contributed by atoms with Gasteiger partial charge in [-0.1, -0.05) is 36.6 Å². The van der Waals surface area contributed by atoms with Crippen molar-refractivity contribution in [1.29, 1.82) is 0 Å². The van der Waals surface area contributed by atoms with Crippen molar-refractivity contribution in [3.8, 4) is 5.75 Å². The zero-order valence-electron chi connectivity index (χ0n) is 20.2. The molecule has 3 rings (SSSR count). The maximum atomic E-state index is 13.4. The van der Waals surface area contributed by atoms with Gasteiger partial charge in [0.2, 0.25) is 21.8 Å². The fourth-order valence-corrected chi connectivity index (χ4v) is 5.34. The number of methoxy groups -OCH3 is 1. The lowest BCUT2D eigenvalue weighted by atomic mass is 10.1. The van der Waals surface area contributed by atoms with Crippen LogP contribution in [0.25, 0.3) is 0 Å². The molecule has 0 aromatic heterocycles. The first-order chi connectivity index (χ1) is 16.6. The Labute approximate surface area is 212 Å². The number of halogens is 1. The summed E-state index contributed by atoms with van der Waals surface area (Å²) in [4.78, 5) is 27.9. The molecule has 0 aliphatic heterocycles. The topological polar surface area (TPSA) is 96.0 Å². The number of benzene rings is 2. The summed E-state index contributed by atoms with van der Waals surface area (Å²) in [6, 6.07) is 12.3. The van der Waals surface area contributed by atoms with E-state index in [0.29, 0.717) is 10.8 Å². The van der Waals surface area contributed by atoms with Gasteiger partial charge in [0.15, 0.2) is 0 Å². The number of amides is 2. The summed E-state index contributed by atoms with van der Waals surface area (Å²) in [5, 5.41) is 3.45. The number of carbonyl (C=O) groups is 2. The number of rotatable bonds is 10. The number of ether oxygens (including phenoxy) is 1. The van der Waals surface area contributed by atoms with Crippen molar-refractivity contribution in [1.82, 2.24) is 14.5 Å². The molecule has 2 aromatic rings. The van der Waals surface area contributed by atoms with Crippen LogP contribution in [-0.4, -0.2) is 62.2 Å². The first kappa shape index (κ1) is 27.0. The minimum absolute atomic E-state index is 0.0311. The molecule has 2 aromatic carbocycles. The van der Waals surface area contributed by atoms with E-state index in [2.05, 4.69) is 5.32 Å². The maximum Gasteiger partial charge on any atom is 0.243 e. The molecule has 1 saturated carbocycles. The first-order valence-electron chi connectivity index (χ1n) is 11.6. The highest BCUT2D eigenvalue weighted by Crippen LogP contribution is 2.21. The van der Waals surface area contributed by atoms with Gasteiger partial charge in [0.1, 0.15) is 11.8 Å². The third-order valence-corrected chi connectivity index (χ3v) is 8.31. The summed E-state index contributed by atoms with van der Waals surface area (Å²) in [6.07, 6.45) is 3.98. The number of nitrogens with zero attached hydrogens (tertiary/aromatic N) is 2. The van der Waals surface area contributed by atoms with Crippen LogP contribution in [0.3, 0.4) is 0 Å². The number of carbonyl (C=O) groups excluding carboxylic acids is 2. The number of hydrogen-bond donors (Lipinski definition) is 1. The van der Waals surface area contributed by atoms with Crippen molar-refractivity contribution in [3.63, 3.8) is 0 Å². The minimum atomic E-state index is -3.93. The molecular formula is C25H32ClN3O5S. The van der Waals surface area contributed by atoms with E-state index < -0.39 is 28.5 Å². The minimum Gasteiger partial charge on any atom is -0.497 e. The monoisotopic (exact) mass is 521 g/mol. The van der Waals surface area contributed by atoms with Gasteiger partial charge in [-0.2, -0.15) is 4.31 Å². The largest absolute Gasteiger partial charge is 0.497 e. The standard InChI is InChI=1S/C25H32ClN3O5S/c1-18(25(31)27-21-8-4-5-9-21)29(16-19-7-6-10-22(15-19)34-3)24(30)17-28(2)35(32,33)23-13-11-20(26)12-14-23/h6-7,10-15,18,21H,4-5,8-9,16-17H2,1-3H3,(H,27,31)/t18-/m1/s1. The molecule has 10 heteroatoms. The van der Waals surface area contributed by atoms with E-state index in [1.165, 1.54) is 36.2 Å². The van der Waals surface area contributed by atoms with E-state index in [-0.39, 0.29) is 23.4 Å². The average molecular weight is 522 g/mol. The van der Waals surface area contributed by atoms with Gasteiger partial charge in [-0.05, 0) is 61.7 Å². The summed E-state index contributed by atoms with van der Waals surface area (Å²) < 4.78 is 32.3. The maximum absolute atomic E-state index is 13.4. The molecule has 1 fully saturated rings. The number of likely N-dealkylation sites (N-methyl/N-ethyl adjacent to an activating group) is 1. The summed E-state index contributed by atoms with van der Waals surface area (Å²) >= 11 is 5.88. The molecule has 1 N–H and O–H groups in total. The molecule has 1 aliphatic carbocycles. The first-order valence-corrected chi connectivity index (χ1v) is 13.4. The molecule has 2 amide bonds. The molecule has 0 heterocycles. The van der Waals surface area contributed by atoms with E-state index >= 15 is 0 Å². The molecular weight excluding hydrogens is 490 g/mol. The zero-order chi connectivity index (χ0) is 25.6. The highest BCUT2D eigenvalue weighted by Gasteiger charge is 2.31. The molecule has 0 radical (unpaired) electrons. The van der Waals surface area contributed by atoms with Gasteiger partial charge in [-0.15, -0.1) is 0 Å². The van der Waals surface area contributed by atoms with E-state index in [0.717, 1.165) is 35.6 Å². The van der Waals surface area contributed by atoms with Gasteiger partial charge in [-0.3, -0.25) is 9.59 Å². The van der Waals surface area contributed by atoms with Crippen LogP contribution in [0.1, 0.15) is 38.2 Å². The van der Waals surface area contributed by atoms with Crippen molar-refractivity contribution >= 4 is 33.4 Å². The third-order valence-electron chi connectivity index (χ3n) is 6.24. The summed E-state index contributed by atoms with van der Waals surface area (Å²) in [5.74, 6) is -0.112. The molecule has 35 heavy (non-hydrogen) atoms. The fourth-order valence-electron chi connectivity index (χ4n) is 4.09. The second-order valence-electron chi connectivity index (χ2n) is 8.75. The van der Waals surface area contributed by atoms with E-state index in [9.17, 15) is 18.0 Å². The van der Waals surface area contributed by atoms with E-state index in [4.69, 9.17) is 16.3 Å². The van der Waals surface area contributed by atoms with Crippen molar-refractivity contribution in [2.75, 3.05) is 20.7 Å². The van der Waals surface area contributed by atoms with Crippen LogP contribution in [0.4, 0.5) is 0 Å². The van der Waals surface area contributed by atoms with Gasteiger partial charge >= 0.3 is 0 Å². The Bertz CT molecular complexity index is 1130. The number of nitrogens with one attached hydrogen (secondary N) is 1. The zero-order valence-corrected chi connectivity index (χ0v) is 21.8. The Kier molecular flexibility index (Phi) is 9.15. The Hall–Kier alpha value is -2.62. The Morgan fingerprint density at radius 3 is 2.43 bits per heavy atom. The van der Waals surface area contributed by atoms with Gasteiger partial charge in [0, 0.05) is 24.7 Å². The number of sulfonamides is 1. The van der Waals surface area contributed by atoms with Gasteiger partial charge in [-0.25, -0.2) is 8.42 Å². The smallest absolute Gasteiger partial charge is 0.243 e.